The van der Waals surface area contributed by atoms with E-state index in [9.17, 15) is 9.59 Å². The van der Waals surface area contributed by atoms with Crippen LogP contribution >= 0.6 is 0 Å². The van der Waals surface area contributed by atoms with E-state index in [1.807, 2.05) is 24.3 Å². The minimum atomic E-state index is 0.00797. The van der Waals surface area contributed by atoms with Gasteiger partial charge >= 0.3 is 0 Å². The lowest BCUT2D eigenvalue weighted by atomic mass is 10.0. The number of anilines is 1. The number of hydrogen-bond acceptors (Lipinski definition) is 3. The van der Waals surface area contributed by atoms with Gasteiger partial charge in [-0.15, -0.1) is 0 Å². The van der Waals surface area contributed by atoms with Gasteiger partial charge in [-0.2, -0.15) is 0 Å². The second-order valence-corrected chi connectivity index (χ2v) is 5.05. The van der Waals surface area contributed by atoms with Crippen molar-refractivity contribution in [2.75, 3.05) is 5.32 Å². The molecule has 1 N–H and O–H groups in total. The van der Waals surface area contributed by atoms with Crippen LogP contribution in [0.3, 0.4) is 0 Å². The van der Waals surface area contributed by atoms with Crippen LogP contribution in [0, 0.1) is 0 Å². The van der Waals surface area contributed by atoms with E-state index in [-0.39, 0.29) is 11.7 Å². The number of ketones is 1. The third-order valence-corrected chi connectivity index (χ3v) is 3.45. The Morgan fingerprint density at radius 2 is 1.90 bits per heavy atom. The van der Waals surface area contributed by atoms with Gasteiger partial charge in [0.05, 0.1) is 0 Å². The van der Waals surface area contributed by atoms with Crippen LogP contribution in [0.1, 0.15) is 29.3 Å². The number of amides is 1. The Labute approximate surface area is 122 Å². The van der Waals surface area contributed by atoms with Gasteiger partial charge in [-0.3, -0.25) is 9.59 Å². The van der Waals surface area contributed by atoms with Gasteiger partial charge in [0.25, 0.3) is 0 Å². The fourth-order valence-electron chi connectivity index (χ4n) is 2.34. The van der Waals surface area contributed by atoms with Crippen molar-refractivity contribution < 1.29 is 14.3 Å². The van der Waals surface area contributed by atoms with Crippen LogP contribution in [0.5, 0.6) is 11.5 Å². The van der Waals surface area contributed by atoms with E-state index < -0.39 is 0 Å². The maximum absolute atomic E-state index is 11.4. The third-order valence-electron chi connectivity index (χ3n) is 3.45. The Morgan fingerprint density at radius 3 is 2.71 bits per heavy atom. The van der Waals surface area contributed by atoms with Gasteiger partial charge in [-0.1, -0.05) is 12.1 Å². The average Bonchev–Trinajstić information content (AvgIpc) is 2.48. The van der Waals surface area contributed by atoms with Crippen molar-refractivity contribution in [3.8, 4) is 11.5 Å². The normalized spacial score (nSPS) is 13.3. The molecule has 0 bridgehead atoms. The summed E-state index contributed by atoms with van der Waals surface area (Å²) in [6.07, 6.45) is 1.21. The Hall–Kier alpha value is -2.62. The van der Waals surface area contributed by atoms with Gasteiger partial charge in [-0.25, -0.2) is 0 Å². The van der Waals surface area contributed by atoms with E-state index in [1.165, 1.54) is 6.92 Å². The Balaban J connectivity index is 1.84. The first kappa shape index (κ1) is 13.4. The van der Waals surface area contributed by atoms with Crippen LogP contribution in [0.4, 0.5) is 5.69 Å². The third kappa shape index (κ3) is 2.94. The van der Waals surface area contributed by atoms with Crippen LogP contribution < -0.4 is 10.1 Å². The summed E-state index contributed by atoms with van der Waals surface area (Å²) in [5.74, 6) is 1.38. The summed E-state index contributed by atoms with van der Waals surface area (Å²) < 4.78 is 5.80. The van der Waals surface area contributed by atoms with Crippen molar-refractivity contribution in [1.82, 2.24) is 0 Å². The fourth-order valence-corrected chi connectivity index (χ4v) is 2.34. The first-order chi connectivity index (χ1) is 10.1. The molecule has 1 amide bonds. The van der Waals surface area contributed by atoms with E-state index in [0.29, 0.717) is 29.9 Å². The Bertz CT molecular complexity index is 722. The van der Waals surface area contributed by atoms with Crippen LogP contribution in [-0.2, 0) is 11.2 Å². The predicted molar refractivity (Wildman–Crippen MR) is 79.9 cm³/mol. The maximum Gasteiger partial charge on any atom is 0.224 e. The summed E-state index contributed by atoms with van der Waals surface area (Å²) in [5, 5.41) is 2.84. The second-order valence-electron chi connectivity index (χ2n) is 5.05. The molecule has 2 aromatic carbocycles. The molecule has 106 valence electrons. The van der Waals surface area contributed by atoms with Crippen molar-refractivity contribution in [2.24, 2.45) is 0 Å². The fraction of sp³-hybridized carbons (Fsp3) is 0.176. The lowest BCUT2D eigenvalue weighted by Gasteiger charge is -2.17. The lowest BCUT2D eigenvalue weighted by molar-refractivity contribution is -0.116. The van der Waals surface area contributed by atoms with Crippen LogP contribution in [0.15, 0.2) is 42.5 Å². The largest absolute Gasteiger partial charge is 0.457 e. The zero-order valence-electron chi connectivity index (χ0n) is 11.7. The number of benzene rings is 2. The minimum absolute atomic E-state index is 0.00797. The standard InChI is InChI=1S/C17H15NO3/c1-11(19)12-3-2-4-14(9-12)21-15-6-7-16-13(10-15)5-8-17(20)18-16/h2-4,6-7,9-10H,5,8H2,1H3,(H,18,20). The van der Waals surface area contributed by atoms with E-state index in [2.05, 4.69) is 5.32 Å². The number of rotatable bonds is 3. The highest BCUT2D eigenvalue weighted by Gasteiger charge is 2.15. The van der Waals surface area contributed by atoms with Crippen molar-refractivity contribution in [3.05, 3.63) is 53.6 Å². The molecule has 4 heteroatoms. The number of carbonyl (C=O) groups is 2. The molecule has 1 heterocycles. The number of Topliss-reactive ketones (excluding diaryl/α,β-unsaturated/α-hetero) is 1. The van der Waals surface area contributed by atoms with Gasteiger partial charge in [-0.05, 0) is 49.2 Å². The smallest absolute Gasteiger partial charge is 0.224 e. The molecule has 0 spiro atoms. The highest BCUT2D eigenvalue weighted by atomic mass is 16.5. The molecule has 3 rings (SSSR count). The summed E-state index contributed by atoms with van der Waals surface area (Å²) in [5.41, 5.74) is 2.53. The number of ether oxygens (including phenoxy) is 1. The molecule has 0 saturated carbocycles. The summed E-state index contributed by atoms with van der Waals surface area (Å²) in [6.45, 7) is 1.53. The molecular weight excluding hydrogens is 266 g/mol. The maximum atomic E-state index is 11.4. The number of carbonyl (C=O) groups excluding carboxylic acids is 2. The van der Waals surface area contributed by atoms with Gasteiger partial charge in [0.15, 0.2) is 5.78 Å². The molecule has 1 aliphatic heterocycles. The summed E-state index contributed by atoms with van der Waals surface area (Å²) in [6, 6.07) is 12.7. The molecule has 0 saturated heterocycles. The van der Waals surface area contributed by atoms with Crippen molar-refractivity contribution in [3.63, 3.8) is 0 Å². The first-order valence-corrected chi connectivity index (χ1v) is 6.83. The molecular formula is C17H15NO3. The Morgan fingerprint density at radius 1 is 1.10 bits per heavy atom. The summed E-state index contributed by atoms with van der Waals surface area (Å²) >= 11 is 0. The highest BCUT2D eigenvalue weighted by Crippen LogP contribution is 2.29. The molecule has 0 aliphatic carbocycles. The predicted octanol–water partition coefficient (Wildman–Crippen LogP) is 3.57. The monoisotopic (exact) mass is 281 g/mol. The van der Waals surface area contributed by atoms with E-state index in [1.54, 1.807) is 18.2 Å². The average molecular weight is 281 g/mol. The van der Waals surface area contributed by atoms with Gasteiger partial charge in [0.1, 0.15) is 11.5 Å². The summed E-state index contributed by atoms with van der Waals surface area (Å²) in [7, 11) is 0. The molecule has 0 aromatic heterocycles. The van der Waals surface area contributed by atoms with Crippen LogP contribution in [0.2, 0.25) is 0 Å². The zero-order valence-corrected chi connectivity index (χ0v) is 11.7. The van der Waals surface area contributed by atoms with Gasteiger partial charge in [0.2, 0.25) is 5.91 Å². The Kier molecular flexibility index (Phi) is 3.44. The van der Waals surface area contributed by atoms with Crippen molar-refractivity contribution in [2.45, 2.75) is 19.8 Å². The van der Waals surface area contributed by atoms with Gasteiger partial charge in [0, 0.05) is 17.7 Å². The van der Waals surface area contributed by atoms with E-state index in [4.69, 9.17) is 4.74 Å². The molecule has 0 radical (unpaired) electrons. The molecule has 0 unspecified atom stereocenters. The lowest BCUT2D eigenvalue weighted by Crippen LogP contribution is -2.18. The second kappa shape index (κ2) is 5.40. The van der Waals surface area contributed by atoms with Crippen molar-refractivity contribution in [1.29, 1.82) is 0 Å². The molecule has 0 atom stereocenters. The molecule has 4 nitrogen and oxygen atoms in total. The highest BCUT2D eigenvalue weighted by molar-refractivity contribution is 5.94. The van der Waals surface area contributed by atoms with E-state index >= 15 is 0 Å². The van der Waals surface area contributed by atoms with Gasteiger partial charge < -0.3 is 10.1 Å². The molecule has 0 fully saturated rings. The van der Waals surface area contributed by atoms with Crippen LogP contribution in [0.25, 0.3) is 0 Å². The molecule has 1 aliphatic rings. The number of nitrogens with one attached hydrogen (secondary N) is 1. The molecule has 21 heavy (non-hydrogen) atoms. The van der Waals surface area contributed by atoms with E-state index in [0.717, 1.165) is 11.3 Å². The number of fused-ring (bicyclic) bond motifs is 1. The summed E-state index contributed by atoms with van der Waals surface area (Å²) in [4.78, 5) is 22.7. The van der Waals surface area contributed by atoms with Crippen LogP contribution in [-0.4, -0.2) is 11.7 Å². The van der Waals surface area contributed by atoms with Crippen molar-refractivity contribution >= 4 is 17.4 Å². The minimum Gasteiger partial charge on any atom is -0.457 e. The zero-order chi connectivity index (χ0) is 14.8. The topological polar surface area (TPSA) is 55.4 Å². The number of hydrogen-bond donors (Lipinski definition) is 1. The quantitative estimate of drug-likeness (QED) is 0.875. The number of aryl methyl sites for hydroxylation is 1. The molecule has 2 aromatic rings. The first-order valence-electron chi connectivity index (χ1n) is 6.83. The SMILES string of the molecule is CC(=O)c1cccc(Oc2ccc3c(c2)CCC(=O)N3)c1.